The molecular weight excluding hydrogens is 258 g/mol. The molecular formula is C15H20ClN3. The zero-order valence-electron chi connectivity index (χ0n) is 11.4. The van der Waals surface area contributed by atoms with Gasteiger partial charge in [0.2, 0.25) is 0 Å². The summed E-state index contributed by atoms with van der Waals surface area (Å²) in [5.41, 5.74) is 9.54. The third kappa shape index (κ3) is 3.37. The van der Waals surface area contributed by atoms with Crippen molar-refractivity contribution in [3.8, 4) is 0 Å². The summed E-state index contributed by atoms with van der Waals surface area (Å²) < 4.78 is 1.73. The molecule has 2 aromatic rings. The quantitative estimate of drug-likeness (QED) is 0.910. The highest BCUT2D eigenvalue weighted by atomic mass is 35.5. The molecule has 4 heteroatoms. The average molecular weight is 278 g/mol. The van der Waals surface area contributed by atoms with E-state index >= 15 is 0 Å². The van der Waals surface area contributed by atoms with Gasteiger partial charge in [0, 0.05) is 18.7 Å². The Bertz CT molecular complexity index is 534. The van der Waals surface area contributed by atoms with Crippen LogP contribution >= 0.6 is 11.6 Å². The lowest BCUT2D eigenvalue weighted by atomic mass is 10.0. The number of benzene rings is 1. The second-order valence-electron chi connectivity index (χ2n) is 4.89. The molecule has 19 heavy (non-hydrogen) atoms. The highest BCUT2D eigenvalue weighted by Gasteiger charge is 2.12. The minimum absolute atomic E-state index is 0.0944. The van der Waals surface area contributed by atoms with E-state index in [2.05, 4.69) is 17.2 Å². The normalized spacial score (nSPS) is 12.6. The Balaban J connectivity index is 1.90. The Kier molecular flexibility index (Phi) is 4.61. The summed E-state index contributed by atoms with van der Waals surface area (Å²) in [6.07, 6.45) is 2.90. The molecule has 0 bridgehead atoms. The molecule has 1 unspecified atom stereocenters. The molecule has 102 valence electrons. The lowest BCUT2D eigenvalue weighted by Crippen LogP contribution is -2.10. The van der Waals surface area contributed by atoms with Crippen LogP contribution in [0.5, 0.6) is 0 Å². The summed E-state index contributed by atoms with van der Waals surface area (Å²) in [4.78, 5) is 0. The summed E-state index contributed by atoms with van der Waals surface area (Å²) in [6.45, 7) is 2.00. The first-order chi connectivity index (χ1) is 9.09. The van der Waals surface area contributed by atoms with Crippen molar-refractivity contribution in [3.63, 3.8) is 0 Å². The van der Waals surface area contributed by atoms with Crippen molar-refractivity contribution >= 4 is 11.6 Å². The van der Waals surface area contributed by atoms with E-state index in [0.717, 1.165) is 35.7 Å². The molecule has 3 nitrogen and oxygen atoms in total. The first-order valence-electron chi connectivity index (χ1n) is 6.58. The molecule has 0 aliphatic carbocycles. The third-order valence-electron chi connectivity index (χ3n) is 3.44. The Morgan fingerprint density at radius 3 is 2.58 bits per heavy atom. The molecule has 0 radical (unpaired) electrons. The van der Waals surface area contributed by atoms with Crippen molar-refractivity contribution in [2.24, 2.45) is 12.8 Å². The lowest BCUT2D eigenvalue weighted by molar-refractivity contribution is 0.610. The molecule has 0 saturated heterocycles. The first kappa shape index (κ1) is 14.1. The summed E-state index contributed by atoms with van der Waals surface area (Å²) >= 11 is 6.22. The van der Waals surface area contributed by atoms with Gasteiger partial charge in [0.25, 0.3) is 0 Å². The van der Waals surface area contributed by atoms with Gasteiger partial charge in [-0.2, -0.15) is 5.10 Å². The number of hydrogen-bond donors (Lipinski definition) is 1. The number of nitrogens with zero attached hydrogens (tertiary/aromatic N) is 2. The summed E-state index contributed by atoms with van der Waals surface area (Å²) in [6, 6.07) is 10.3. The summed E-state index contributed by atoms with van der Waals surface area (Å²) in [5, 5.41) is 5.06. The van der Waals surface area contributed by atoms with Gasteiger partial charge in [0.15, 0.2) is 0 Å². The van der Waals surface area contributed by atoms with Crippen LogP contribution in [0.3, 0.4) is 0 Å². The van der Waals surface area contributed by atoms with Crippen molar-refractivity contribution in [1.82, 2.24) is 9.78 Å². The molecule has 0 fully saturated rings. The van der Waals surface area contributed by atoms with Gasteiger partial charge in [-0.15, -0.1) is 0 Å². The second kappa shape index (κ2) is 6.22. The zero-order valence-corrected chi connectivity index (χ0v) is 12.2. The molecule has 1 atom stereocenters. The van der Waals surface area contributed by atoms with E-state index in [0.29, 0.717) is 0 Å². The Labute approximate surface area is 119 Å². The van der Waals surface area contributed by atoms with Crippen molar-refractivity contribution in [3.05, 3.63) is 52.3 Å². The second-order valence-corrected chi connectivity index (χ2v) is 5.25. The fraction of sp³-hybridized carbons (Fsp3) is 0.400. The minimum Gasteiger partial charge on any atom is -0.324 e. The van der Waals surface area contributed by atoms with Gasteiger partial charge in [-0.1, -0.05) is 41.9 Å². The van der Waals surface area contributed by atoms with Crippen LogP contribution in [0.15, 0.2) is 30.3 Å². The van der Waals surface area contributed by atoms with Gasteiger partial charge in [-0.05, 0) is 31.7 Å². The standard InChI is InChI=1S/C15H20ClN3/c1-11-13(15(16)19(2)18-11)9-6-10-14(17)12-7-4-3-5-8-12/h3-5,7-8,14H,6,9-10,17H2,1-2H3. The van der Waals surface area contributed by atoms with E-state index in [1.165, 1.54) is 5.56 Å². The molecule has 0 amide bonds. The maximum atomic E-state index is 6.22. The topological polar surface area (TPSA) is 43.8 Å². The SMILES string of the molecule is Cc1nn(C)c(Cl)c1CCCC(N)c1ccccc1. The molecule has 1 aromatic heterocycles. The van der Waals surface area contributed by atoms with Crippen LogP contribution in [0.4, 0.5) is 0 Å². The van der Waals surface area contributed by atoms with Gasteiger partial charge >= 0.3 is 0 Å². The number of rotatable bonds is 5. The van der Waals surface area contributed by atoms with Crippen LogP contribution in [0.1, 0.15) is 35.7 Å². The predicted octanol–water partition coefficient (Wildman–Crippen LogP) is 3.40. The van der Waals surface area contributed by atoms with Crippen molar-refractivity contribution in [1.29, 1.82) is 0 Å². The van der Waals surface area contributed by atoms with Crippen LogP contribution in [0.2, 0.25) is 5.15 Å². The lowest BCUT2D eigenvalue weighted by Gasteiger charge is -2.11. The van der Waals surface area contributed by atoms with E-state index in [4.69, 9.17) is 17.3 Å². The minimum atomic E-state index is 0.0944. The van der Waals surface area contributed by atoms with Crippen molar-refractivity contribution < 1.29 is 0 Å². The Morgan fingerprint density at radius 2 is 2.00 bits per heavy atom. The Hall–Kier alpha value is -1.32. The molecule has 2 rings (SSSR count). The predicted molar refractivity (Wildman–Crippen MR) is 79.3 cm³/mol. The van der Waals surface area contributed by atoms with Gasteiger partial charge in [0.05, 0.1) is 5.69 Å². The van der Waals surface area contributed by atoms with Crippen LogP contribution in [0.25, 0.3) is 0 Å². The molecule has 0 saturated carbocycles. The fourth-order valence-electron chi connectivity index (χ4n) is 2.32. The Morgan fingerprint density at radius 1 is 1.32 bits per heavy atom. The maximum absolute atomic E-state index is 6.22. The maximum Gasteiger partial charge on any atom is 0.130 e. The average Bonchev–Trinajstić information content (AvgIpc) is 2.66. The molecule has 0 spiro atoms. The number of aromatic nitrogens is 2. The molecule has 1 heterocycles. The van der Waals surface area contributed by atoms with Gasteiger partial charge in [-0.3, -0.25) is 4.68 Å². The molecule has 1 aromatic carbocycles. The number of aryl methyl sites for hydroxylation is 2. The largest absolute Gasteiger partial charge is 0.324 e. The van der Waals surface area contributed by atoms with Crippen LogP contribution in [-0.2, 0) is 13.5 Å². The van der Waals surface area contributed by atoms with Crippen LogP contribution < -0.4 is 5.73 Å². The van der Waals surface area contributed by atoms with E-state index in [9.17, 15) is 0 Å². The molecule has 0 aliphatic rings. The first-order valence-corrected chi connectivity index (χ1v) is 6.96. The third-order valence-corrected chi connectivity index (χ3v) is 3.91. The van der Waals surface area contributed by atoms with Gasteiger partial charge in [-0.25, -0.2) is 0 Å². The summed E-state index contributed by atoms with van der Waals surface area (Å²) in [5.74, 6) is 0. The molecule has 0 aliphatic heterocycles. The van der Waals surface area contributed by atoms with E-state index in [-0.39, 0.29) is 6.04 Å². The monoisotopic (exact) mass is 277 g/mol. The van der Waals surface area contributed by atoms with Crippen LogP contribution in [0, 0.1) is 6.92 Å². The molecule has 2 N–H and O–H groups in total. The van der Waals surface area contributed by atoms with Gasteiger partial charge in [0.1, 0.15) is 5.15 Å². The fourth-order valence-corrected chi connectivity index (χ4v) is 2.59. The highest BCUT2D eigenvalue weighted by molar-refractivity contribution is 6.30. The van der Waals surface area contributed by atoms with E-state index in [1.807, 2.05) is 32.2 Å². The van der Waals surface area contributed by atoms with E-state index in [1.54, 1.807) is 4.68 Å². The van der Waals surface area contributed by atoms with Crippen molar-refractivity contribution in [2.75, 3.05) is 0 Å². The number of nitrogens with two attached hydrogens (primary N) is 1. The smallest absolute Gasteiger partial charge is 0.130 e. The van der Waals surface area contributed by atoms with Gasteiger partial charge < -0.3 is 5.73 Å². The number of hydrogen-bond acceptors (Lipinski definition) is 2. The van der Waals surface area contributed by atoms with Crippen LogP contribution in [-0.4, -0.2) is 9.78 Å². The highest BCUT2D eigenvalue weighted by Crippen LogP contribution is 2.23. The number of halogens is 1. The van der Waals surface area contributed by atoms with E-state index < -0.39 is 0 Å². The van der Waals surface area contributed by atoms with Crippen molar-refractivity contribution in [2.45, 2.75) is 32.2 Å². The summed E-state index contributed by atoms with van der Waals surface area (Å²) in [7, 11) is 1.87. The zero-order chi connectivity index (χ0) is 13.8.